The molecule has 0 radical (unpaired) electrons. The van der Waals surface area contributed by atoms with Crippen molar-refractivity contribution in [3.8, 4) is 0 Å². The number of benzene rings is 2. The van der Waals surface area contributed by atoms with Crippen molar-refractivity contribution >= 4 is 11.8 Å². The molecule has 2 amide bonds. The average molecular weight is 377 g/mol. The fraction of sp³-hybridized carbons (Fsp3) is 0.417. The van der Waals surface area contributed by atoms with Crippen molar-refractivity contribution < 1.29 is 9.59 Å². The Bertz CT molecular complexity index is 874. The van der Waals surface area contributed by atoms with Crippen LogP contribution in [-0.4, -0.2) is 34.7 Å². The fourth-order valence-corrected chi connectivity index (χ4v) is 4.73. The number of rotatable bonds is 3. The van der Waals surface area contributed by atoms with Crippen LogP contribution in [0.2, 0.25) is 0 Å². The zero-order valence-electron chi connectivity index (χ0n) is 16.7. The molecule has 0 saturated carbocycles. The van der Waals surface area contributed by atoms with Gasteiger partial charge in [-0.3, -0.25) is 9.59 Å². The second-order valence-electron chi connectivity index (χ2n) is 8.04. The molecule has 0 aromatic heterocycles. The standard InChI is InChI=1S/C24H28N2O2/c1-17-9-11-20(12-10-17)22-8-5-14-26(22)24(28)16-23-21-7-4-3-6-19(21)13-15-25(23)18(2)27/h3-4,6-7,9-12,22-23H,5,8,13-16H2,1-2H3. The first-order valence-electron chi connectivity index (χ1n) is 10.3. The molecule has 2 unspecified atom stereocenters. The maximum absolute atomic E-state index is 13.3. The third-order valence-corrected chi connectivity index (χ3v) is 6.22. The number of aryl methyl sites for hydroxylation is 1. The molecule has 2 heterocycles. The first-order chi connectivity index (χ1) is 13.5. The number of carbonyl (C=O) groups is 2. The van der Waals surface area contributed by atoms with E-state index < -0.39 is 0 Å². The summed E-state index contributed by atoms with van der Waals surface area (Å²) >= 11 is 0. The molecule has 0 bridgehead atoms. The van der Waals surface area contributed by atoms with Crippen LogP contribution in [0.3, 0.4) is 0 Å². The molecule has 2 aliphatic heterocycles. The Hall–Kier alpha value is -2.62. The number of fused-ring (bicyclic) bond motifs is 1. The van der Waals surface area contributed by atoms with Crippen molar-refractivity contribution in [3.05, 3.63) is 70.8 Å². The van der Waals surface area contributed by atoms with E-state index in [1.54, 1.807) is 6.92 Å². The van der Waals surface area contributed by atoms with E-state index in [9.17, 15) is 9.59 Å². The summed E-state index contributed by atoms with van der Waals surface area (Å²) in [5.74, 6) is 0.194. The first kappa shape index (κ1) is 18.7. The van der Waals surface area contributed by atoms with Gasteiger partial charge in [-0.2, -0.15) is 0 Å². The predicted octanol–water partition coefficient (Wildman–Crippen LogP) is 4.19. The molecule has 146 valence electrons. The van der Waals surface area contributed by atoms with Gasteiger partial charge in [0.2, 0.25) is 11.8 Å². The van der Waals surface area contributed by atoms with Crippen LogP contribution in [0, 0.1) is 6.92 Å². The number of carbonyl (C=O) groups excluding carboxylic acids is 2. The lowest BCUT2D eigenvalue weighted by atomic mass is 9.90. The fourth-order valence-electron chi connectivity index (χ4n) is 4.73. The minimum atomic E-state index is -0.158. The Morgan fingerprint density at radius 2 is 1.75 bits per heavy atom. The molecule has 4 nitrogen and oxygen atoms in total. The highest BCUT2D eigenvalue weighted by atomic mass is 16.2. The number of hydrogen-bond donors (Lipinski definition) is 0. The van der Waals surface area contributed by atoms with Crippen LogP contribution in [0.1, 0.15) is 60.5 Å². The summed E-state index contributed by atoms with van der Waals surface area (Å²) in [5, 5.41) is 0. The van der Waals surface area contributed by atoms with Gasteiger partial charge in [-0.05, 0) is 42.9 Å². The third-order valence-electron chi connectivity index (χ3n) is 6.22. The van der Waals surface area contributed by atoms with Gasteiger partial charge in [-0.15, -0.1) is 0 Å². The molecule has 2 aromatic carbocycles. The summed E-state index contributed by atoms with van der Waals surface area (Å²) in [6.45, 7) is 5.17. The second kappa shape index (κ2) is 7.78. The number of amides is 2. The molecular weight excluding hydrogens is 348 g/mol. The third kappa shape index (κ3) is 3.56. The van der Waals surface area contributed by atoms with E-state index in [1.165, 1.54) is 16.7 Å². The second-order valence-corrected chi connectivity index (χ2v) is 8.04. The van der Waals surface area contributed by atoms with Gasteiger partial charge in [0.1, 0.15) is 0 Å². The molecule has 2 aliphatic rings. The lowest BCUT2D eigenvalue weighted by Crippen LogP contribution is -2.42. The first-order valence-corrected chi connectivity index (χ1v) is 10.3. The molecule has 2 aromatic rings. The van der Waals surface area contributed by atoms with E-state index in [0.29, 0.717) is 13.0 Å². The zero-order valence-corrected chi connectivity index (χ0v) is 16.7. The van der Waals surface area contributed by atoms with E-state index >= 15 is 0 Å². The van der Waals surface area contributed by atoms with E-state index in [4.69, 9.17) is 0 Å². The van der Waals surface area contributed by atoms with Gasteiger partial charge in [0, 0.05) is 20.0 Å². The highest BCUT2D eigenvalue weighted by Crippen LogP contribution is 2.37. The van der Waals surface area contributed by atoms with Gasteiger partial charge in [0.05, 0.1) is 18.5 Å². The minimum Gasteiger partial charge on any atom is -0.336 e. The van der Waals surface area contributed by atoms with Crippen molar-refractivity contribution in [2.45, 2.75) is 51.6 Å². The average Bonchev–Trinajstić information content (AvgIpc) is 3.18. The molecule has 28 heavy (non-hydrogen) atoms. The van der Waals surface area contributed by atoms with E-state index in [-0.39, 0.29) is 23.9 Å². The summed E-state index contributed by atoms with van der Waals surface area (Å²) in [6, 6.07) is 16.7. The Labute approximate surface area is 167 Å². The maximum Gasteiger partial charge on any atom is 0.225 e. The van der Waals surface area contributed by atoms with Crippen molar-refractivity contribution in [2.75, 3.05) is 13.1 Å². The van der Waals surface area contributed by atoms with Gasteiger partial charge in [0.25, 0.3) is 0 Å². The lowest BCUT2D eigenvalue weighted by molar-refractivity contribution is -0.137. The van der Waals surface area contributed by atoms with Gasteiger partial charge >= 0.3 is 0 Å². The van der Waals surface area contributed by atoms with Gasteiger partial charge in [0.15, 0.2) is 0 Å². The molecule has 2 atom stereocenters. The Kier molecular flexibility index (Phi) is 5.21. The monoisotopic (exact) mass is 376 g/mol. The van der Waals surface area contributed by atoms with E-state index in [2.05, 4.69) is 43.3 Å². The van der Waals surface area contributed by atoms with Crippen LogP contribution in [0.5, 0.6) is 0 Å². The van der Waals surface area contributed by atoms with Gasteiger partial charge < -0.3 is 9.80 Å². The number of nitrogens with zero attached hydrogens (tertiary/aromatic N) is 2. The minimum absolute atomic E-state index is 0.0452. The summed E-state index contributed by atoms with van der Waals surface area (Å²) in [7, 11) is 0. The van der Waals surface area contributed by atoms with Crippen LogP contribution in [-0.2, 0) is 16.0 Å². The quantitative estimate of drug-likeness (QED) is 0.806. The van der Waals surface area contributed by atoms with Crippen LogP contribution in [0.4, 0.5) is 0 Å². The molecule has 0 spiro atoms. The molecule has 4 heteroatoms. The van der Waals surface area contributed by atoms with Crippen LogP contribution >= 0.6 is 0 Å². The van der Waals surface area contributed by atoms with E-state index in [1.807, 2.05) is 21.9 Å². The number of hydrogen-bond acceptors (Lipinski definition) is 2. The summed E-state index contributed by atoms with van der Waals surface area (Å²) in [6.07, 6.45) is 3.25. The Morgan fingerprint density at radius 1 is 1.00 bits per heavy atom. The van der Waals surface area contributed by atoms with Crippen molar-refractivity contribution in [3.63, 3.8) is 0 Å². The topological polar surface area (TPSA) is 40.6 Å². The molecule has 1 saturated heterocycles. The van der Waals surface area contributed by atoms with Crippen LogP contribution in [0.15, 0.2) is 48.5 Å². The molecular formula is C24H28N2O2. The lowest BCUT2D eigenvalue weighted by Gasteiger charge is -2.38. The Balaban J connectivity index is 1.57. The smallest absolute Gasteiger partial charge is 0.225 e. The predicted molar refractivity (Wildman–Crippen MR) is 110 cm³/mol. The van der Waals surface area contributed by atoms with E-state index in [0.717, 1.165) is 31.4 Å². The summed E-state index contributed by atoms with van der Waals surface area (Å²) < 4.78 is 0. The normalized spacial score (nSPS) is 21.5. The molecule has 1 fully saturated rings. The van der Waals surface area contributed by atoms with Crippen molar-refractivity contribution in [1.82, 2.24) is 9.80 Å². The van der Waals surface area contributed by atoms with Gasteiger partial charge in [-0.25, -0.2) is 0 Å². The highest BCUT2D eigenvalue weighted by molar-refractivity contribution is 5.80. The molecule has 4 rings (SSSR count). The highest BCUT2D eigenvalue weighted by Gasteiger charge is 2.35. The van der Waals surface area contributed by atoms with Crippen molar-refractivity contribution in [1.29, 1.82) is 0 Å². The summed E-state index contributed by atoms with van der Waals surface area (Å²) in [4.78, 5) is 29.5. The number of likely N-dealkylation sites (tertiary alicyclic amines) is 1. The molecule has 0 N–H and O–H groups in total. The van der Waals surface area contributed by atoms with Gasteiger partial charge in [-0.1, -0.05) is 54.1 Å². The Morgan fingerprint density at radius 3 is 2.50 bits per heavy atom. The largest absolute Gasteiger partial charge is 0.336 e. The maximum atomic E-state index is 13.3. The summed E-state index contributed by atoms with van der Waals surface area (Å²) in [5.41, 5.74) is 4.83. The van der Waals surface area contributed by atoms with Crippen molar-refractivity contribution in [2.24, 2.45) is 0 Å². The SMILES string of the molecule is CC(=O)N1CCc2ccccc2C1CC(=O)N1CCCC1c1ccc(C)cc1. The van der Waals surface area contributed by atoms with Crippen LogP contribution < -0.4 is 0 Å². The zero-order chi connectivity index (χ0) is 19.7. The van der Waals surface area contributed by atoms with Crippen LogP contribution in [0.25, 0.3) is 0 Å². The molecule has 0 aliphatic carbocycles.